The Hall–Kier alpha value is -2.62. The molecule has 2 aromatic rings. The molecule has 1 aliphatic heterocycles. The molecule has 0 bridgehead atoms. The minimum absolute atomic E-state index is 0.0873. The van der Waals surface area contributed by atoms with Gasteiger partial charge < -0.3 is 10.2 Å². The lowest BCUT2D eigenvalue weighted by Gasteiger charge is -2.27. The molecule has 4 heteroatoms. The second-order valence-electron chi connectivity index (χ2n) is 5.30. The van der Waals surface area contributed by atoms with Gasteiger partial charge >= 0.3 is 0 Å². The van der Waals surface area contributed by atoms with Crippen LogP contribution in [0.2, 0.25) is 0 Å². The molecular weight excluding hydrogens is 276 g/mol. The molecule has 0 fully saturated rings. The van der Waals surface area contributed by atoms with E-state index in [1.54, 1.807) is 4.90 Å². The molecule has 22 heavy (non-hydrogen) atoms. The lowest BCUT2D eigenvalue weighted by atomic mass is 10.0. The van der Waals surface area contributed by atoms with Crippen LogP contribution in [-0.2, 0) is 11.3 Å². The zero-order valence-corrected chi connectivity index (χ0v) is 12.5. The molecule has 3 rings (SSSR count). The number of likely N-dealkylation sites (N-methyl/N-ethyl adjacent to an activating group) is 1. The second kappa shape index (κ2) is 6.02. The summed E-state index contributed by atoms with van der Waals surface area (Å²) in [5, 5.41) is 2.84. The Balaban J connectivity index is 1.98. The molecular formula is C18H18N2O2. The van der Waals surface area contributed by atoms with Crippen molar-refractivity contribution in [1.29, 1.82) is 0 Å². The standard InChI is InChI=1S/C18H18N2O2/c1-2-19-17(21)16(13-8-4-3-5-9-13)20-12-14-10-6-7-11-15(14)18(20)22/h3-11,16H,2,12H2,1H3,(H,19,21)/t16-/m1/s1. The van der Waals surface area contributed by atoms with Crippen molar-refractivity contribution in [3.63, 3.8) is 0 Å². The van der Waals surface area contributed by atoms with Gasteiger partial charge in [-0.3, -0.25) is 9.59 Å². The van der Waals surface area contributed by atoms with Gasteiger partial charge in [0.15, 0.2) is 0 Å². The number of hydrogen-bond acceptors (Lipinski definition) is 2. The maximum atomic E-state index is 12.7. The van der Waals surface area contributed by atoms with Crippen LogP contribution in [0.3, 0.4) is 0 Å². The van der Waals surface area contributed by atoms with Crippen molar-refractivity contribution in [1.82, 2.24) is 10.2 Å². The third-order valence-corrected chi connectivity index (χ3v) is 3.88. The quantitative estimate of drug-likeness (QED) is 0.942. The summed E-state index contributed by atoms with van der Waals surface area (Å²) in [6.45, 7) is 2.88. The lowest BCUT2D eigenvalue weighted by Crippen LogP contribution is -2.40. The average molecular weight is 294 g/mol. The Morgan fingerprint density at radius 2 is 1.82 bits per heavy atom. The Bertz CT molecular complexity index is 697. The van der Waals surface area contributed by atoms with E-state index in [1.165, 1.54) is 0 Å². The highest BCUT2D eigenvalue weighted by atomic mass is 16.2. The molecule has 0 aromatic heterocycles. The van der Waals surface area contributed by atoms with Gasteiger partial charge in [-0.1, -0.05) is 48.5 Å². The summed E-state index contributed by atoms with van der Waals surface area (Å²) in [6.07, 6.45) is 0. The molecule has 0 unspecified atom stereocenters. The van der Waals surface area contributed by atoms with Crippen LogP contribution in [0, 0.1) is 0 Å². The average Bonchev–Trinajstić information content (AvgIpc) is 2.86. The minimum Gasteiger partial charge on any atom is -0.354 e. The summed E-state index contributed by atoms with van der Waals surface area (Å²) in [6, 6.07) is 16.4. The fraction of sp³-hybridized carbons (Fsp3) is 0.222. The van der Waals surface area contributed by atoms with Gasteiger partial charge in [0.2, 0.25) is 5.91 Å². The van der Waals surface area contributed by atoms with Gasteiger partial charge in [0, 0.05) is 18.7 Å². The van der Waals surface area contributed by atoms with E-state index in [9.17, 15) is 9.59 Å². The highest BCUT2D eigenvalue weighted by Crippen LogP contribution is 2.31. The number of carbonyl (C=O) groups excluding carboxylic acids is 2. The molecule has 0 spiro atoms. The normalized spacial score (nSPS) is 14.6. The molecule has 0 aliphatic carbocycles. The van der Waals surface area contributed by atoms with Crippen molar-refractivity contribution in [2.45, 2.75) is 19.5 Å². The number of fused-ring (bicyclic) bond motifs is 1. The van der Waals surface area contributed by atoms with E-state index in [0.717, 1.165) is 11.1 Å². The Kier molecular flexibility index (Phi) is 3.92. The second-order valence-corrected chi connectivity index (χ2v) is 5.30. The monoisotopic (exact) mass is 294 g/mol. The Labute approximate surface area is 129 Å². The summed E-state index contributed by atoms with van der Waals surface area (Å²) in [7, 11) is 0. The number of rotatable bonds is 4. The first-order valence-corrected chi connectivity index (χ1v) is 7.44. The maximum Gasteiger partial charge on any atom is 0.255 e. The first kappa shape index (κ1) is 14.3. The number of hydrogen-bond donors (Lipinski definition) is 1. The van der Waals surface area contributed by atoms with E-state index in [1.807, 2.05) is 61.5 Å². The summed E-state index contributed by atoms with van der Waals surface area (Å²) >= 11 is 0. The molecule has 4 nitrogen and oxygen atoms in total. The highest BCUT2D eigenvalue weighted by Gasteiger charge is 2.36. The van der Waals surface area contributed by atoms with Crippen LogP contribution in [0.25, 0.3) is 0 Å². The fourth-order valence-electron chi connectivity index (χ4n) is 2.86. The zero-order chi connectivity index (χ0) is 15.5. The van der Waals surface area contributed by atoms with E-state index in [0.29, 0.717) is 18.7 Å². The fourth-order valence-corrected chi connectivity index (χ4v) is 2.86. The van der Waals surface area contributed by atoms with Crippen LogP contribution in [0.15, 0.2) is 54.6 Å². The smallest absolute Gasteiger partial charge is 0.255 e. The summed E-state index contributed by atoms with van der Waals surface area (Å²) in [5.41, 5.74) is 2.49. The highest BCUT2D eigenvalue weighted by molar-refractivity contribution is 6.01. The maximum absolute atomic E-state index is 12.7. The SMILES string of the molecule is CCNC(=O)[C@@H](c1ccccc1)N1Cc2ccccc2C1=O. The van der Waals surface area contributed by atoms with Gasteiger partial charge in [0.25, 0.3) is 5.91 Å². The van der Waals surface area contributed by atoms with Gasteiger partial charge in [-0.2, -0.15) is 0 Å². The topological polar surface area (TPSA) is 49.4 Å². The van der Waals surface area contributed by atoms with Crippen LogP contribution >= 0.6 is 0 Å². The number of nitrogens with zero attached hydrogens (tertiary/aromatic N) is 1. The zero-order valence-electron chi connectivity index (χ0n) is 12.5. The van der Waals surface area contributed by atoms with Crippen LogP contribution in [-0.4, -0.2) is 23.3 Å². The van der Waals surface area contributed by atoms with E-state index < -0.39 is 6.04 Å². The first-order chi connectivity index (χ1) is 10.7. The lowest BCUT2D eigenvalue weighted by molar-refractivity contribution is -0.125. The Morgan fingerprint density at radius 3 is 2.50 bits per heavy atom. The minimum atomic E-state index is -0.596. The molecule has 1 N–H and O–H groups in total. The van der Waals surface area contributed by atoms with Crippen LogP contribution in [0.4, 0.5) is 0 Å². The van der Waals surface area contributed by atoms with Crippen molar-refractivity contribution < 1.29 is 9.59 Å². The molecule has 1 heterocycles. The van der Waals surface area contributed by atoms with Crippen LogP contribution in [0.1, 0.15) is 34.5 Å². The van der Waals surface area contributed by atoms with Crippen molar-refractivity contribution in [2.75, 3.05) is 6.54 Å². The first-order valence-electron chi connectivity index (χ1n) is 7.44. The molecule has 112 valence electrons. The number of benzene rings is 2. The van der Waals surface area contributed by atoms with Gasteiger partial charge in [-0.05, 0) is 24.1 Å². The predicted molar refractivity (Wildman–Crippen MR) is 84.2 cm³/mol. The number of nitrogens with one attached hydrogen (secondary N) is 1. The Morgan fingerprint density at radius 1 is 1.14 bits per heavy atom. The van der Waals surface area contributed by atoms with E-state index >= 15 is 0 Å². The van der Waals surface area contributed by atoms with E-state index in [4.69, 9.17) is 0 Å². The summed E-state index contributed by atoms with van der Waals surface area (Å²) in [5.74, 6) is -0.231. The van der Waals surface area contributed by atoms with Gasteiger partial charge in [0.05, 0.1) is 0 Å². The molecule has 2 amide bonds. The molecule has 0 radical (unpaired) electrons. The molecule has 0 saturated carbocycles. The van der Waals surface area contributed by atoms with Crippen molar-refractivity contribution >= 4 is 11.8 Å². The third kappa shape index (κ3) is 2.48. The summed E-state index contributed by atoms with van der Waals surface area (Å²) < 4.78 is 0. The largest absolute Gasteiger partial charge is 0.354 e. The van der Waals surface area contributed by atoms with E-state index in [-0.39, 0.29) is 11.8 Å². The van der Waals surface area contributed by atoms with Gasteiger partial charge in [0.1, 0.15) is 6.04 Å². The number of amides is 2. The number of carbonyl (C=O) groups is 2. The van der Waals surface area contributed by atoms with E-state index in [2.05, 4.69) is 5.32 Å². The third-order valence-electron chi connectivity index (χ3n) is 3.88. The van der Waals surface area contributed by atoms with Gasteiger partial charge in [-0.15, -0.1) is 0 Å². The summed E-state index contributed by atoms with van der Waals surface area (Å²) in [4.78, 5) is 26.8. The van der Waals surface area contributed by atoms with Crippen molar-refractivity contribution in [2.24, 2.45) is 0 Å². The predicted octanol–water partition coefficient (Wildman–Crippen LogP) is 2.52. The molecule has 1 aliphatic rings. The van der Waals surface area contributed by atoms with Crippen LogP contribution < -0.4 is 5.32 Å². The van der Waals surface area contributed by atoms with Gasteiger partial charge in [-0.25, -0.2) is 0 Å². The molecule has 0 saturated heterocycles. The van der Waals surface area contributed by atoms with Crippen molar-refractivity contribution in [3.8, 4) is 0 Å². The molecule has 1 atom stereocenters. The van der Waals surface area contributed by atoms with Crippen LogP contribution in [0.5, 0.6) is 0 Å². The van der Waals surface area contributed by atoms with Crippen molar-refractivity contribution in [3.05, 3.63) is 71.3 Å². The molecule has 2 aromatic carbocycles.